The number of hydrogen-bond acceptors (Lipinski definition) is 15. The summed E-state index contributed by atoms with van der Waals surface area (Å²) in [6, 6.07) is 13.7. The lowest BCUT2D eigenvalue weighted by atomic mass is 10.1. The minimum absolute atomic E-state index is 0.00585. The second-order valence-electron chi connectivity index (χ2n) is 16.6. The lowest BCUT2D eigenvalue weighted by Crippen LogP contribution is -2.52. The van der Waals surface area contributed by atoms with Crippen LogP contribution in [0.4, 0.5) is 28.4 Å². The molecule has 4 aliphatic heterocycles. The first-order chi connectivity index (χ1) is 30.4. The number of para-hydroxylation sites is 2. The maximum absolute atomic E-state index is 13.2. The predicted octanol–water partition coefficient (Wildman–Crippen LogP) is 4.17. The Morgan fingerprint density at radius 3 is 1.73 bits per heavy atom. The molecule has 0 spiro atoms. The first kappa shape index (κ1) is 43.2. The van der Waals surface area contributed by atoms with E-state index in [9.17, 15) is 39.0 Å². The summed E-state index contributed by atoms with van der Waals surface area (Å²) in [6.07, 6.45) is 5.10. The molecule has 17 nitrogen and oxygen atoms in total. The molecule has 332 valence electrons. The van der Waals surface area contributed by atoms with Gasteiger partial charge in [-0.3, -0.25) is 38.6 Å². The van der Waals surface area contributed by atoms with Crippen molar-refractivity contribution < 1.29 is 29.0 Å². The van der Waals surface area contributed by atoms with Gasteiger partial charge >= 0.3 is 0 Å². The van der Waals surface area contributed by atoms with Crippen LogP contribution in [0.2, 0.25) is 0 Å². The molecule has 5 heterocycles. The number of furan rings is 1. The molecule has 4 aliphatic rings. The number of carbonyl (C=O) groups is 2. The van der Waals surface area contributed by atoms with Crippen LogP contribution in [0, 0.1) is 6.92 Å². The summed E-state index contributed by atoms with van der Waals surface area (Å²) in [7, 11) is 0. The summed E-state index contributed by atoms with van der Waals surface area (Å²) in [5, 5.41) is 30.3. The average molecular weight is 864 g/mol. The third kappa shape index (κ3) is 8.42. The summed E-state index contributed by atoms with van der Waals surface area (Å²) < 4.78 is 10.9. The highest BCUT2D eigenvalue weighted by Gasteiger charge is 2.36. The molecule has 4 fully saturated rings. The van der Waals surface area contributed by atoms with Crippen molar-refractivity contribution in [1.82, 2.24) is 19.6 Å². The number of piperazine rings is 2. The van der Waals surface area contributed by atoms with Crippen molar-refractivity contribution >= 4 is 40.3 Å². The van der Waals surface area contributed by atoms with Crippen LogP contribution < -0.4 is 42.4 Å². The second kappa shape index (κ2) is 18.1. The lowest BCUT2D eigenvalue weighted by Gasteiger charge is -2.37. The molecule has 1 aromatic heterocycles. The number of nitrogens with one attached hydrogen (secondary N) is 3. The number of fused-ring (bicyclic) bond motifs is 2. The number of aryl methyl sites for hydroxylation is 1. The fourth-order valence-corrected chi connectivity index (χ4v) is 9.20. The number of benzene rings is 2. The zero-order valence-corrected chi connectivity index (χ0v) is 35.7. The quantitative estimate of drug-likeness (QED) is 0.0880. The van der Waals surface area contributed by atoms with Crippen molar-refractivity contribution in [2.75, 3.05) is 74.9 Å². The van der Waals surface area contributed by atoms with Gasteiger partial charge in [-0.15, -0.1) is 0 Å². The summed E-state index contributed by atoms with van der Waals surface area (Å²) in [5.41, 5.74) is -1.73. The Balaban J connectivity index is 0.000000177. The average Bonchev–Trinajstić information content (AvgIpc) is 4.09. The number of carbonyl (C=O) groups excluding carboxylic acids is 2. The molecule has 0 aliphatic carbocycles. The minimum Gasteiger partial charge on any atom is -0.505 e. The van der Waals surface area contributed by atoms with Crippen LogP contribution in [-0.4, -0.2) is 113 Å². The van der Waals surface area contributed by atoms with Crippen molar-refractivity contribution in [3.05, 3.63) is 112 Å². The predicted molar refractivity (Wildman–Crippen MR) is 238 cm³/mol. The normalized spacial score (nSPS) is 19.3. The number of hydrogen-bond donors (Lipinski definition) is 5. The molecule has 17 heteroatoms. The molecular formula is C46H53N7O10. The van der Waals surface area contributed by atoms with Crippen molar-refractivity contribution in [1.29, 1.82) is 0 Å². The summed E-state index contributed by atoms with van der Waals surface area (Å²) in [5.74, 6) is 0.436. The molecule has 2 amide bonds. The van der Waals surface area contributed by atoms with Gasteiger partial charge in [0.1, 0.15) is 28.6 Å². The molecule has 0 bridgehead atoms. The van der Waals surface area contributed by atoms with Crippen molar-refractivity contribution in [3.8, 4) is 17.2 Å². The van der Waals surface area contributed by atoms with E-state index < -0.39 is 21.7 Å². The zero-order valence-electron chi connectivity index (χ0n) is 35.7. The van der Waals surface area contributed by atoms with Gasteiger partial charge in [0.05, 0.1) is 35.2 Å². The molecule has 4 saturated heterocycles. The number of anilines is 5. The van der Waals surface area contributed by atoms with Crippen LogP contribution in [0.3, 0.4) is 0 Å². The van der Waals surface area contributed by atoms with Crippen molar-refractivity contribution in [2.45, 2.75) is 71.0 Å². The number of phenols is 2. The fraction of sp³-hybridized carbons (Fsp3) is 0.435. The van der Waals surface area contributed by atoms with E-state index in [1.54, 1.807) is 53.1 Å². The van der Waals surface area contributed by atoms with E-state index in [1.165, 1.54) is 0 Å². The van der Waals surface area contributed by atoms with Gasteiger partial charge in [0.15, 0.2) is 17.2 Å². The summed E-state index contributed by atoms with van der Waals surface area (Å²) in [4.78, 5) is 82.7. The molecule has 3 atom stereocenters. The maximum Gasteiger partial charge on any atom is 0.272 e. The highest BCUT2D eigenvalue weighted by atomic mass is 16.5. The molecule has 0 radical (unpaired) electrons. The van der Waals surface area contributed by atoms with Gasteiger partial charge in [-0.2, -0.15) is 0 Å². The van der Waals surface area contributed by atoms with Gasteiger partial charge in [0.25, 0.3) is 33.5 Å². The Labute approximate surface area is 363 Å². The van der Waals surface area contributed by atoms with Gasteiger partial charge in [-0.05, 0) is 95.4 Å². The molecule has 5 N–H and O–H groups in total. The number of nitrogens with zero attached hydrogens (tertiary/aromatic N) is 4. The van der Waals surface area contributed by atoms with E-state index in [0.29, 0.717) is 50.4 Å². The monoisotopic (exact) mass is 863 g/mol. The van der Waals surface area contributed by atoms with Crippen LogP contribution in [-0.2, 0) is 0 Å². The highest BCUT2D eigenvalue weighted by molar-refractivity contribution is 6.00. The van der Waals surface area contributed by atoms with Crippen LogP contribution >= 0.6 is 0 Å². The van der Waals surface area contributed by atoms with Crippen LogP contribution in [0.5, 0.6) is 17.2 Å². The third-order valence-corrected chi connectivity index (χ3v) is 12.7. The highest BCUT2D eigenvalue weighted by Crippen LogP contribution is 2.36. The first-order valence-electron chi connectivity index (χ1n) is 21.7. The Morgan fingerprint density at radius 1 is 0.698 bits per heavy atom. The Hall–Kier alpha value is -6.46. The number of rotatable bonds is 12. The van der Waals surface area contributed by atoms with Gasteiger partial charge < -0.3 is 45.1 Å². The van der Waals surface area contributed by atoms with E-state index >= 15 is 0 Å². The molecule has 4 aromatic carbocycles. The Kier molecular flexibility index (Phi) is 12.4. The van der Waals surface area contributed by atoms with Gasteiger partial charge in [-0.25, -0.2) is 0 Å². The molecule has 0 unspecified atom stereocenters. The zero-order chi connectivity index (χ0) is 44.5. The molecule has 5 aromatic rings. The van der Waals surface area contributed by atoms with E-state index in [2.05, 4.69) is 25.8 Å². The topological polar surface area (TPSA) is 214 Å². The van der Waals surface area contributed by atoms with E-state index in [4.69, 9.17) is 9.15 Å². The molecule has 9 rings (SSSR count). The SMILES string of the molecule is CCOc1c(Nc2cccc(C(=O)N3CCN4CCC[C@H]4C3)c2O)c(=O)c1=O.CC[C@@H](Nc1c(Nc2cccc(C(=O)N3CCN4CCC[C@H]4C3)c2O)c(=O)c1=O)c1ccc(C)o1. The van der Waals surface area contributed by atoms with Gasteiger partial charge in [0.2, 0.25) is 0 Å². The smallest absolute Gasteiger partial charge is 0.272 e. The lowest BCUT2D eigenvalue weighted by molar-refractivity contribution is 0.0563. The maximum atomic E-state index is 13.2. The van der Waals surface area contributed by atoms with Crippen molar-refractivity contribution in [3.63, 3.8) is 0 Å². The second-order valence-corrected chi connectivity index (χ2v) is 16.6. The number of aromatic hydroxyl groups is 2. The van der Waals surface area contributed by atoms with Gasteiger partial charge in [-0.1, -0.05) is 19.1 Å². The third-order valence-electron chi connectivity index (χ3n) is 12.7. The van der Waals surface area contributed by atoms with E-state index in [-0.39, 0.29) is 81.3 Å². The Bertz CT molecular complexity index is 2660. The largest absolute Gasteiger partial charge is 0.505 e. The Morgan fingerprint density at radius 2 is 1.22 bits per heavy atom. The van der Waals surface area contributed by atoms with E-state index in [0.717, 1.165) is 57.6 Å². The summed E-state index contributed by atoms with van der Waals surface area (Å²) >= 11 is 0. The number of ether oxygens (including phenoxy) is 1. The van der Waals surface area contributed by atoms with Gasteiger partial charge in [0, 0.05) is 51.4 Å². The van der Waals surface area contributed by atoms with Crippen LogP contribution in [0.15, 0.2) is 72.1 Å². The fourth-order valence-electron chi connectivity index (χ4n) is 9.20. The number of phenolic OH excluding ortho intramolecular Hbond substituents is 2. The van der Waals surface area contributed by atoms with Crippen molar-refractivity contribution in [2.24, 2.45) is 0 Å². The standard InChI is InChI=1S/C26H30N4O5.C20H23N3O5/c1-3-18(20-10-9-15(2)35-20)27-21-22(25(33)24(21)32)28-19-8-4-7-17(23(19)31)26(34)30-13-12-29-11-5-6-16(29)14-30;1-2-28-19-15(17(25)18(19)26)21-14-7-3-6-13(16(14)24)20(27)23-10-9-22-8-4-5-12(22)11-23/h4,7-10,16,18,27-28,31H,3,5-6,11-14H2,1-2H3;3,6-7,12,21,24H,2,4-5,8-11H2,1H3/t16-,18+;12-/m00/s1. The summed E-state index contributed by atoms with van der Waals surface area (Å²) in [6.45, 7) is 12.1. The molecule has 0 saturated carbocycles. The minimum atomic E-state index is -0.697. The molecule has 63 heavy (non-hydrogen) atoms. The van der Waals surface area contributed by atoms with E-state index in [1.807, 2.05) is 26.0 Å². The first-order valence-corrected chi connectivity index (χ1v) is 21.7. The molecular weight excluding hydrogens is 811 g/mol. The number of amides is 2. The van der Waals surface area contributed by atoms with Crippen LogP contribution in [0.1, 0.15) is 84.2 Å². The van der Waals surface area contributed by atoms with Crippen LogP contribution in [0.25, 0.3) is 0 Å².